The third-order valence-electron chi connectivity index (χ3n) is 4.85. The van der Waals surface area contributed by atoms with Crippen LogP contribution in [0.4, 0.5) is 0 Å². The Labute approximate surface area is 169 Å². The summed E-state index contributed by atoms with van der Waals surface area (Å²) in [4.78, 5) is 0. The van der Waals surface area contributed by atoms with Crippen LogP contribution in [0.5, 0.6) is 0 Å². The van der Waals surface area contributed by atoms with Crippen molar-refractivity contribution < 1.29 is 43.1 Å². The molecule has 2 aromatic carbocycles. The lowest BCUT2D eigenvalue weighted by atomic mass is 10.1. The summed E-state index contributed by atoms with van der Waals surface area (Å²) >= 11 is 0. The Hall–Kier alpha value is -1.66. The fourth-order valence-corrected chi connectivity index (χ4v) is 3.59. The first kappa shape index (κ1) is 19.7. The summed E-state index contributed by atoms with van der Waals surface area (Å²) in [5.41, 5.74) is 17.6. The molecule has 0 spiro atoms. The average molecular weight is 466 g/mol. The van der Waals surface area contributed by atoms with Crippen molar-refractivity contribution in [2.24, 2.45) is 11.5 Å². The van der Waals surface area contributed by atoms with E-state index >= 15 is 0 Å². The highest BCUT2D eigenvalue weighted by molar-refractivity contribution is 5.96. The summed E-state index contributed by atoms with van der Waals surface area (Å²) in [5, 5.41) is 0. The highest BCUT2D eigenvalue weighted by atomic mass is 79.9. The van der Waals surface area contributed by atoms with E-state index in [1.165, 1.54) is 22.3 Å². The van der Waals surface area contributed by atoms with Gasteiger partial charge in [0.15, 0.2) is 0 Å². The van der Waals surface area contributed by atoms with Gasteiger partial charge in [0.1, 0.15) is 13.1 Å². The van der Waals surface area contributed by atoms with Gasteiger partial charge in [0.05, 0.1) is 24.2 Å². The number of rotatable bonds is 4. The van der Waals surface area contributed by atoms with E-state index < -0.39 is 0 Å². The Morgan fingerprint density at radius 2 is 1.08 bits per heavy atom. The maximum atomic E-state index is 6.28. The molecule has 0 bridgehead atoms. The summed E-state index contributed by atoms with van der Waals surface area (Å²) in [5.74, 6) is 1.81. The van der Waals surface area contributed by atoms with E-state index in [0.29, 0.717) is 0 Å². The third kappa shape index (κ3) is 3.65. The van der Waals surface area contributed by atoms with Crippen LogP contribution in [0.3, 0.4) is 0 Å². The first-order valence-corrected chi connectivity index (χ1v) is 8.15. The summed E-state index contributed by atoms with van der Waals surface area (Å²) < 4.78 is 4.54. The molecule has 4 N–H and O–H groups in total. The number of nitrogens with two attached hydrogens (primary N) is 2. The van der Waals surface area contributed by atoms with Gasteiger partial charge in [-0.15, -0.1) is 0 Å². The number of hydrogen-bond acceptors (Lipinski definition) is 2. The van der Waals surface area contributed by atoms with Crippen LogP contribution in [-0.4, -0.2) is 33.9 Å². The first-order chi connectivity index (χ1) is 11.2. The standard InChI is InChI=1S/C19H20N4.2BrH/c20-18-16-8-3-1-6-14(16)12-22(18)10-5-11-23-13-15-7-2-4-9-17(15)19(23)21;;/h1-4,6-9,20-21H,5,10-13H2;2*1H. The van der Waals surface area contributed by atoms with E-state index in [9.17, 15) is 0 Å². The van der Waals surface area contributed by atoms with Gasteiger partial charge in [0.25, 0.3) is 11.7 Å². The number of nitrogens with zero attached hydrogens (tertiary/aromatic N) is 2. The van der Waals surface area contributed by atoms with Crippen LogP contribution in [0, 0.1) is 0 Å². The fraction of sp³-hybridized carbons (Fsp3) is 0.263. The lowest BCUT2D eigenvalue weighted by molar-refractivity contribution is -0.567. The van der Waals surface area contributed by atoms with Crippen LogP contribution < -0.4 is 45.4 Å². The second-order valence-electron chi connectivity index (χ2n) is 6.28. The van der Waals surface area contributed by atoms with Gasteiger partial charge in [-0.25, -0.2) is 0 Å². The number of hydrogen-bond donors (Lipinski definition) is 2. The van der Waals surface area contributed by atoms with Gasteiger partial charge in [0.2, 0.25) is 0 Å². The third-order valence-corrected chi connectivity index (χ3v) is 4.85. The van der Waals surface area contributed by atoms with Crippen LogP contribution in [-0.2, 0) is 13.1 Å². The van der Waals surface area contributed by atoms with Crippen molar-refractivity contribution in [1.29, 1.82) is 0 Å². The second kappa shape index (κ2) is 8.15. The predicted octanol–water partition coefficient (Wildman–Crippen LogP) is -4.75. The second-order valence-corrected chi connectivity index (χ2v) is 6.28. The SMILES string of the molecule is NC1=[N+](CCC[N+]2=C(N)c3ccccc3C2)Cc2ccccc21.[Br-].[Br-]. The molecule has 0 saturated carbocycles. The van der Waals surface area contributed by atoms with Crippen molar-refractivity contribution in [2.75, 3.05) is 13.1 Å². The molecule has 0 radical (unpaired) electrons. The summed E-state index contributed by atoms with van der Waals surface area (Å²) in [6.45, 7) is 3.75. The van der Waals surface area contributed by atoms with Gasteiger partial charge in [-0.3, -0.25) is 20.6 Å². The molecule has 2 aliphatic rings. The fourth-order valence-electron chi connectivity index (χ4n) is 3.59. The Balaban J connectivity index is 0.00000113. The lowest BCUT2D eigenvalue weighted by Gasteiger charge is -2.05. The number of benzene rings is 2. The molecule has 132 valence electrons. The molecule has 4 rings (SSSR count). The van der Waals surface area contributed by atoms with Crippen molar-refractivity contribution in [3.05, 3.63) is 70.8 Å². The highest BCUT2D eigenvalue weighted by Crippen LogP contribution is 2.18. The van der Waals surface area contributed by atoms with Crippen molar-refractivity contribution in [2.45, 2.75) is 19.5 Å². The molecule has 0 aromatic heterocycles. The quantitative estimate of drug-likeness (QED) is 0.445. The molecule has 25 heavy (non-hydrogen) atoms. The number of fused-ring (bicyclic) bond motifs is 2. The zero-order valence-electron chi connectivity index (χ0n) is 14.0. The topological polar surface area (TPSA) is 58.1 Å². The van der Waals surface area contributed by atoms with E-state index in [0.717, 1.165) is 44.3 Å². The summed E-state index contributed by atoms with van der Waals surface area (Å²) in [6, 6.07) is 16.8. The Morgan fingerprint density at radius 3 is 1.48 bits per heavy atom. The van der Waals surface area contributed by atoms with Crippen LogP contribution >= 0.6 is 0 Å². The molecule has 2 aromatic rings. The molecular formula is C19H22Br2N4. The molecule has 6 heteroatoms. The molecule has 0 amide bonds. The van der Waals surface area contributed by atoms with Gasteiger partial charge < -0.3 is 34.0 Å². The van der Waals surface area contributed by atoms with Crippen molar-refractivity contribution in [1.82, 2.24) is 0 Å². The van der Waals surface area contributed by atoms with E-state index in [2.05, 4.69) is 45.5 Å². The van der Waals surface area contributed by atoms with E-state index in [4.69, 9.17) is 11.5 Å². The molecule has 0 fully saturated rings. The van der Waals surface area contributed by atoms with Crippen LogP contribution in [0.25, 0.3) is 0 Å². The molecule has 0 atom stereocenters. The van der Waals surface area contributed by atoms with Crippen LogP contribution in [0.1, 0.15) is 28.7 Å². The Morgan fingerprint density at radius 1 is 0.680 bits per heavy atom. The molecule has 0 aliphatic carbocycles. The number of amidine groups is 2. The minimum atomic E-state index is 0. The van der Waals surface area contributed by atoms with Crippen LogP contribution in [0.15, 0.2) is 48.5 Å². The highest BCUT2D eigenvalue weighted by Gasteiger charge is 2.26. The predicted molar refractivity (Wildman–Crippen MR) is 91.8 cm³/mol. The van der Waals surface area contributed by atoms with Gasteiger partial charge in [0, 0.05) is 17.5 Å². The number of halogens is 2. The maximum Gasteiger partial charge on any atom is 0.275 e. The smallest absolute Gasteiger partial charge is 0.275 e. The Kier molecular flexibility index (Phi) is 6.41. The zero-order chi connectivity index (χ0) is 15.8. The molecule has 2 heterocycles. The van der Waals surface area contributed by atoms with Crippen molar-refractivity contribution in [3.63, 3.8) is 0 Å². The maximum absolute atomic E-state index is 6.28. The van der Waals surface area contributed by atoms with E-state index in [1.807, 2.05) is 12.1 Å². The molecule has 2 aliphatic heterocycles. The molecule has 0 saturated heterocycles. The minimum absolute atomic E-state index is 0. The van der Waals surface area contributed by atoms with Gasteiger partial charge >= 0.3 is 0 Å². The molecule has 0 unspecified atom stereocenters. The van der Waals surface area contributed by atoms with Gasteiger partial charge in [-0.2, -0.15) is 0 Å². The summed E-state index contributed by atoms with van der Waals surface area (Å²) in [7, 11) is 0. The van der Waals surface area contributed by atoms with Gasteiger partial charge in [-0.05, 0) is 12.1 Å². The minimum Gasteiger partial charge on any atom is -1.00 e. The monoisotopic (exact) mass is 464 g/mol. The summed E-state index contributed by atoms with van der Waals surface area (Å²) in [6.07, 6.45) is 1.05. The molecule has 4 nitrogen and oxygen atoms in total. The van der Waals surface area contributed by atoms with Crippen molar-refractivity contribution >= 4 is 11.7 Å². The van der Waals surface area contributed by atoms with Crippen molar-refractivity contribution in [3.8, 4) is 0 Å². The largest absolute Gasteiger partial charge is 1.00 e. The molecular weight excluding hydrogens is 444 g/mol. The Bertz CT molecular complexity index is 773. The zero-order valence-corrected chi connectivity index (χ0v) is 17.1. The van der Waals surface area contributed by atoms with E-state index in [1.54, 1.807) is 0 Å². The van der Waals surface area contributed by atoms with Crippen LogP contribution in [0.2, 0.25) is 0 Å². The lowest BCUT2D eigenvalue weighted by Crippen LogP contribution is -3.00. The van der Waals surface area contributed by atoms with E-state index in [-0.39, 0.29) is 34.0 Å². The first-order valence-electron chi connectivity index (χ1n) is 8.15. The normalized spacial score (nSPS) is 14.7. The average Bonchev–Trinajstić information content (AvgIpc) is 3.07. The van der Waals surface area contributed by atoms with Gasteiger partial charge in [-0.1, -0.05) is 36.4 Å².